The lowest BCUT2D eigenvalue weighted by Crippen LogP contribution is -2.45. The predicted octanol–water partition coefficient (Wildman–Crippen LogP) is 3.91. The number of aryl methyl sites for hydroxylation is 1. The zero-order chi connectivity index (χ0) is 13.9. The number of nitrogens with one attached hydrogen (secondary N) is 1. The van der Waals surface area contributed by atoms with Crippen LogP contribution in [-0.2, 0) is 12.0 Å². The molecule has 2 aromatic rings. The van der Waals surface area contributed by atoms with Gasteiger partial charge in [-0.15, -0.1) is 11.3 Å². The molecule has 0 aliphatic heterocycles. The molecule has 1 N–H and O–H groups in total. The van der Waals surface area contributed by atoms with Gasteiger partial charge in [0.1, 0.15) is 5.01 Å². The molecule has 102 valence electrons. The summed E-state index contributed by atoms with van der Waals surface area (Å²) in [5.41, 5.74) is 2.34. The summed E-state index contributed by atoms with van der Waals surface area (Å²) in [5, 5.41) is 6.98. The van der Waals surface area contributed by atoms with Crippen LogP contribution in [0.25, 0.3) is 0 Å². The molecule has 0 amide bonds. The smallest absolute Gasteiger partial charge is 0.113 e. The molecule has 1 aromatic heterocycles. The third-order valence-electron chi connectivity index (χ3n) is 3.10. The highest BCUT2D eigenvalue weighted by Gasteiger charge is 2.30. The summed E-state index contributed by atoms with van der Waals surface area (Å²) in [5.74, 6) is 0. The minimum Gasteiger partial charge on any atom is -0.303 e. The Morgan fingerprint density at radius 2 is 1.95 bits per heavy atom. The second-order valence-electron chi connectivity index (χ2n) is 5.59. The van der Waals surface area contributed by atoms with Crippen molar-refractivity contribution in [2.75, 3.05) is 0 Å². The van der Waals surface area contributed by atoms with Gasteiger partial charge >= 0.3 is 0 Å². The van der Waals surface area contributed by atoms with E-state index in [-0.39, 0.29) is 5.54 Å². The summed E-state index contributed by atoms with van der Waals surface area (Å²) in [6, 6.07) is 11.0. The van der Waals surface area contributed by atoms with E-state index in [0.29, 0.717) is 6.04 Å². The Kier molecular flexibility index (Phi) is 4.38. The lowest BCUT2D eigenvalue weighted by molar-refractivity contribution is 0.330. The number of rotatable bonds is 5. The van der Waals surface area contributed by atoms with Crippen LogP contribution in [0.3, 0.4) is 0 Å². The van der Waals surface area contributed by atoms with Gasteiger partial charge in [0.05, 0.1) is 5.54 Å². The van der Waals surface area contributed by atoms with E-state index in [0.717, 1.165) is 12.1 Å². The molecule has 0 radical (unpaired) electrons. The number of hydrogen-bond acceptors (Lipinski definition) is 3. The lowest BCUT2D eigenvalue weighted by Gasteiger charge is -2.31. The fraction of sp³-hybridized carbons (Fsp3) is 0.438. The molecular weight excluding hydrogens is 252 g/mol. The number of aromatic nitrogens is 1. The molecule has 0 aliphatic carbocycles. The largest absolute Gasteiger partial charge is 0.303 e. The molecule has 0 saturated carbocycles. The van der Waals surface area contributed by atoms with Gasteiger partial charge in [-0.1, -0.05) is 30.3 Å². The highest BCUT2D eigenvalue weighted by atomic mass is 32.1. The van der Waals surface area contributed by atoms with E-state index in [2.05, 4.69) is 73.7 Å². The quantitative estimate of drug-likeness (QED) is 0.894. The van der Waals surface area contributed by atoms with Crippen LogP contribution >= 0.6 is 11.3 Å². The van der Waals surface area contributed by atoms with Crippen LogP contribution in [-0.4, -0.2) is 11.0 Å². The van der Waals surface area contributed by atoms with Crippen LogP contribution in [0.4, 0.5) is 0 Å². The third kappa shape index (κ3) is 3.64. The molecule has 0 aliphatic rings. The first-order valence-electron chi connectivity index (χ1n) is 6.74. The van der Waals surface area contributed by atoms with E-state index >= 15 is 0 Å². The molecule has 1 heterocycles. The van der Waals surface area contributed by atoms with Crippen LogP contribution in [0.15, 0.2) is 35.7 Å². The van der Waals surface area contributed by atoms with Crippen molar-refractivity contribution in [1.82, 2.24) is 10.3 Å². The third-order valence-corrected chi connectivity index (χ3v) is 4.32. The maximum atomic E-state index is 4.69. The molecule has 0 spiro atoms. The van der Waals surface area contributed by atoms with Gasteiger partial charge in [-0.25, -0.2) is 4.98 Å². The van der Waals surface area contributed by atoms with Crippen molar-refractivity contribution >= 4 is 11.3 Å². The van der Waals surface area contributed by atoms with Crippen LogP contribution in [0.2, 0.25) is 0 Å². The minimum atomic E-state index is -0.103. The summed E-state index contributed by atoms with van der Waals surface area (Å²) in [6.45, 7) is 8.67. The first-order valence-corrected chi connectivity index (χ1v) is 7.62. The summed E-state index contributed by atoms with van der Waals surface area (Å²) < 4.78 is 0. The monoisotopic (exact) mass is 274 g/mol. The summed E-state index contributed by atoms with van der Waals surface area (Å²) in [6.07, 6.45) is 0.957. The highest BCUT2D eigenvalue weighted by Crippen LogP contribution is 2.28. The topological polar surface area (TPSA) is 24.9 Å². The molecule has 3 heteroatoms. The van der Waals surface area contributed by atoms with Crippen LogP contribution in [0.5, 0.6) is 0 Å². The van der Waals surface area contributed by atoms with Crippen molar-refractivity contribution in [3.8, 4) is 0 Å². The van der Waals surface area contributed by atoms with Crippen molar-refractivity contribution in [1.29, 1.82) is 0 Å². The molecule has 2 nitrogen and oxygen atoms in total. The number of thiazole rings is 1. The predicted molar refractivity (Wildman–Crippen MR) is 82.6 cm³/mol. The van der Waals surface area contributed by atoms with Crippen molar-refractivity contribution in [3.63, 3.8) is 0 Å². The van der Waals surface area contributed by atoms with Crippen molar-refractivity contribution < 1.29 is 0 Å². The van der Waals surface area contributed by atoms with E-state index in [1.54, 1.807) is 11.3 Å². The zero-order valence-electron chi connectivity index (χ0n) is 12.1. The fourth-order valence-corrected chi connectivity index (χ4v) is 3.36. The normalized spacial score (nSPS) is 14.6. The average Bonchev–Trinajstić information content (AvgIpc) is 2.77. The first kappa shape index (κ1) is 14.2. The van der Waals surface area contributed by atoms with E-state index in [4.69, 9.17) is 0 Å². The van der Waals surface area contributed by atoms with Crippen LogP contribution in [0, 0.1) is 6.92 Å². The first-order chi connectivity index (χ1) is 8.99. The molecule has 19 heavy (non-hydrogen) atoms. The standard InChI is InChI=1S/C16H22N2S/c1-12(2)18-16(4,15-17-13(3)11-19-15)10-14-8-6-5-7-9-14/h5-9,11-12,18H,10H2,1-4H3. The summed E-state index contributed by atoms with van der Waals surface area (Å²) in [4.78, 5) is 4.69. The zero-order valence-corrected chi connectivity index (χ0v) is 12.9. The van der Waals surface area contributed by atoms with Gasteiger partial charge in [-0.05, 0) is 39.7 Å². The van der Waals surface area contributed by atoms with Gasteiger partial charge in [0.2, 0.25) is 0 Å². The van der Waals surface area contributed by atoms with Gasteiger partial charge in [0.25, 0.3) is 0 Å². The Hall–Kier alpha value is -1.19. The Morgan fingerprint density at radius 1 is 1.26 bits per heavy atom. The highest BCUT2D eigenvalue weighted by molar-refractivity contribution is 7.09. The average molecular weight is 274 g/mol. The minimum absolute atomic E-state index is 0.103. The number of benzene rings is 1. The van der Waals surface area contributed by atoms with Gasteiger partial charge in [0.15, 0.2) is 0 Å². The molecule has 0 fully saturated rings. The van der Waals surface area contributed by atoms with Crippen molar-refractivity contribution in [3.05, 3.63) is 52.0 Å². The molecular formula is C16H22N2S. The molecule has 1 aromatic carbocycles. The van der Waals surface area contributed by atoms with E-state index in [9.17, 15) is 0 Å². The molecule has 0 saturated heterocycles. The maximum Gasteiger partial charge on any atom is 0.113 e. The Bertz CT molecular complexity index is 519. The maximum absolute atomic E-state index is 4.69. The van der Waals surface area contributed by atoms with E-state index in [1.165, 1.54) is 10.6 Å². The molecule has 2 rings (SSSR count). The Labute approximate surface area is 119 Å². The second-order valence-corrected chi connectivity index (χ2v) is 6.45. The van der Waals surface area contributed by atoms with Gasteiger partial charge in [-0.2, -0.15) is 0 Å². The number of hydrogen-bond donors (Lipinski definition) is 1. The lowest BCUT2D eigenvalue weighted by atomic mass is 9.92. The van der Waals surface area contributed by atoms with Crippen LogP contribution < -0.4 is 5.32 Å². The number of nitrogens with zero attached hydrogens (tertiary/aromatic N) is 1. The summed E-state index contributed by atoms with van der Waals surface area (Å²) in [7, 11) is 0. The van der Waals surface area contributed by atoms with Gasteiger partial charge in [0, 0.05) is 17.1 Å². The Balaban J connectivity index is 2.29. The van der Waals surface area contributed by atoms with Gasteiger partial charge in [-0.3, -0.25) is 0 Å². The van der Waals surface area contributed by atoms with Gasteiger partial charge < -0.3 is 5.32 Å². The van der Waals surface area contributed by atoms with Crippen LogP contribution in [0.1, 0.15) is 37.0 Å². The fourth-order valence-electron chi connectivity index (χ4n) is 2.44. The molecule has 0 bridgehead atoms. The Morgan fingerprint density at radius 3 is 2.47 bits per heavy atom. The van der Waals surface area contributed by atoms with Crippen molar-refractivity contribution in [2.45, 2.75) is 45.7 Å². The SMILES string of the molecule is Cc1csc(C(C)(Cc2ccccc2)NC(C)C)n1. The van der Waals surface area contributed by atoms with E-state index in [1.807, 2.05) is 0 Å². The van der Waals surface area contributed by atoms with Crippen molar-refractivity contribution in [2.24, 2.45) is 0 Å². The second kappa shape index (κ2) is 5.85. The van der Waals surface area contributed by atoms with E-state index < -0.39 is 0 Å². The molecule has 1 atom stereocenters. The summed E-state index contributed by atoms with van der Waals surface area (Å²) >= 11 is 1.74. The molecule has 1 unspecified atom stereocenters.